The summed E-state index contributed by atoms with van der Waals surface area (Å²) in [6, 6.07) is 0. The second kappa shape index (κ2) is 3.62. The number of halogens is 9. The molecule has 22 heavy (non-hydrogen) atoms. The lowest BCUT2D eigenvalue weighted by molar-refractivity contribution is -0.372. The lowest BCUT2D eigenvalue weighted by atomic mass is 9.95. The van der Waals surface area contributed by atoms with Gasteiger partial charge in [-0.25, -0.2) is 13.9 Å². The number of nitrogen functional groups attached to an aromatic ring is 1. The molecule has 3 rings (SSSR count). The molecule has 2 aliphatic heterocycles. The molecule has 1 aromatic rings. The van der Waals surface area contributed by atoms with Crippen molar-refractivity contribution in [2.75, 3.05) is 5.73 Å². The number of fused-ring (bicyclic) bond motifs is 2. The summed E-state index contributed by atoms with van der Waals surface area (Å²) in [5, 5.41) is 0. The van der Waals surface area contributed by atoms with Gasteiger partial charge in [-0.2, -0.15) is 35.1 Å². The molecule has 0 atom stereocenters. The molecule has 0 aliphatic carbocycles. The zero-order chi connectivity index (χ0) is 16.9. The van der Waals surface area contributed by atoms with Gasteiger partial charge in [0.15, 0.2) is 0 Å². The average Bonchev–Trinajstić information content (AvgIpc) is 2.57. The normalized spacial score (nSPS) is 25.9. The summed E-state index contributed by atoms with van der Waals surface area (Å²) in [4.78, 5) is 0. The first kappa shape index (κ1) is 15.2. The Labute approximate surface area is 114 Å². The lowest BCUT2D eigenvalue weighted by Gasteiger charge is -2.15. The summed E-state index contributed by atoms with van der Waals surface area (Å²) in [5.74, 6) is -2.69. The third-order valence-corrected chi connectivity index (χ3v) is 3.15. The molecule has 0 saturated heterocycles. The van der Waals surface area contributed by atoms with Gasteiger partial charge in [-0.15, -0.1) is 0 Å². The van der Waals surface area contributed by atoms with Crippen molar-refractivity contribution in [2.45, 2.75) is 24.4 Å². The monoisotopic (exact) mass is 339 g/mol. The van der Waals surface area contributed by atoms with E-state index in [0.29, 0.717) is 0 Å². The van der Waals surface area contributed by atoms with Gasteiger partial charge >= 0.3 is 24.4 Å². The molecule has 0 fully saturated rings. The highest BCUT2D eigenvalue weighted by Gasteiger charge is 2.67. The summed E-state index contributed by atoms with van der Waals surface area (Å²) in [6.07, 6.45) is -20.0. The first-order chi connectivity index (χ1) is 9.72. The molecule has 2 heterocycles. The fourth-order valence-corrected chi connectivity index (χ4v) is 2.42. The van der Waals surface area contributed by atoms with E-state index in [0.717, 1.165) is 0 Å². The van der Waals surface area contributed by atoms with Crippen LogP contribution in [0.15, 0.2) is 0 Å². The van der Waals surface area contributed by atoms with Crippen LogP contribution < -0.4 is 5.73 Å². The summed E-state index contributed by atoms with van der Waals surface area (Å²) in [5.41, 5.74) is -5.86. The zero-order valence-electron chi connectivity index (χ0n) is 9.80. The third kappa shape index (κ3) is 1.61. The molecule has 3 nitrogen and oxygen atoms in total. The second-order valence-electron chi connectivity index (χ2n) is 4.50. The van der Waals surface area contributed by atoms with E-state index in [1.54, 1.807) is 0 Å². The number of hydrogen-bond donors (Lipinski definition) is 1. The third-order valence-electron chi connectivity index (χ3n) is 3.15. The van der Waals surface area contributed by atoms with Crippen LogP contribution >= 0.6 is 0 Å². The van der Waals surface area contributed by atoms with E-state index in [4.69, 9.17) is 5.73 Å². The Morgan fingerprint density at radius 3 is 1.18 bits per heavy atom. The fourth-order valence-electron chi connectivity index (χ4n) is 2.42. The number of rotatable bonds is 0. The van der Waals surface area contributed by atoms with Gasteiger partial charge in [0.25, 0.3) is 0 Å². The van der Waals surface area contributed by atoms with Crippen molar-refractivity contribution >= 4 is 5.69 Å². The molecular weight excluding hydrogens is 337 g/mol. The summed E-state index contributed by atoms with van der Waals surface area (Å²) in [7, 11) is 0. The van der Waals surface area contributed by atoms with Gasteiger partial charge in [0.1, 0.15) is 16.9 Å². The predicted molar refractivity (Wildman–Crippen MR) is 48.6 cm³/mol. The quantitative estimate of drug-likeness (QED) is 0.580. The smallest absolute Gasteiger partial charge is 0.391 e. The minimum atomic E-state index is -5.04. The molecule has 0 unspecified atom stereocenters. The van der Waals surface area contributed by atoms with Crippen molar-refractivity contribution < 1.29 is 49.0 Å². The van der Waals surface area contributed by atoms with Crippen molar-refractivity contribution in [3.63, 3.8) is 0 Å². The maximum atomic E-state index is 13.9. The van der Waals surface area contributed by atoms with Crippen LogP contribution in [0.3, 0.4) is 0 Å². The van der Waals surface area contributed by atoms with Gasteiger partial charge in [-0.3, -0.25) is 0 Å². The number of nitrogens with two attached hydrogens (primary N) is 1. The Morgan fingerprint density at radius 2 is 0.864 bits per heavy atom. The predicted octanol–water partition coefficient (Wildman–Crippen LogP) is 3.67. The van der Waals surface area contributed by atoms with Gasteiger partial charge in [-0.1, -0.05) is 0 Å². The molecule has 0 radical (unpaired) electrons. The highest BCUT2D eigenvalue weighted by molar-refractivity contribution is 5.66. The zero-order valence-corrected chi connectivity index (χ0v) is 9.80. The number of anilines is 1. The van der Waals surface area contributed by atoms with Crippen LogP contribution in [-0.4, -0.2) is 0 Å². The molecular formula is C10H2F9NO2. The van der Waals surface area contributed by atoms with E-state index in [1.165, 1.54) is 0 Å². The Hall–Kier alpha value is -1.69. The van der Waals surface area contributed by atoms with Crippen LogP contribution in [-0.2, 0) is 33.9 Å². The van der Waals surface area contributed by atoms with Crippen LogP contribution in [0, 0.1) is 5.82 Å². The molecule has 0 aromatic heterocycles. The molecule has 122 valence electrons. The van der Waals surface area contributed by atoms with Crippen molar-refractivity contribution in [2.24, 2.45) is 0 Å². The molecule has 1 aromatic carbocycles. The maximum Gasteiger partial charge on any atom is 0.391 e. The van der Waals surface area contributed by atoms with Crippen molar-refractivity contribution in [1.29, 1.82) is 0 Å². The van der Waals surface area contributed by atoms with E-state index < -0.39 is 58.2 Å². The highest BCUT2D eigenvalue weighted by Crippen LogP contribution is 2.61. The van der Waals surface area contributed by atoms with Crippen LogP contribution in [0.4, 0.5) is 45.2 Å². The summed E-state index contributed by atoms with van der Waals surface area (Å²) < 4.78 is 127. The van der Waals surface area contributed by atoms with Crippen LogP contribution in [0.2, 0.25) is 0 Å². The molecule has 0 bridgehead atoms. The lowest BCUT2D eigenvalue weighted by Crippen LogP contribution is -2.20. The van der Waals surface area contributed by atoms with Crippen molar-refractivity contribution in [3.05, 3.63) is 28.1 Å². The molecule has 12 heteroatoms. The SMILES string of the molecule is Nc1c2c(c(F)c3c1C(F)(F)OC3(F)F)C(F)(F)OC2(F)F. The first-order valence-corrected chi connectivity index (χ1v) is 5.31. The Morgan fingerprint density at radius 1 is 0.591 bits per heavy atom. The Bertz CT molecular complexity index is 588. The largest absolute Gasteiger partial charge is 0.398 e. The summed E-state index contributed by atoms with van der Waals surface area (Å²) in [6.45, 7) is 0. The minimum Gasteiger partial charge on any atom is -0.398 e. The van der Waals surface area contributed by atoms with Crippen molar-refractivity contribution in [1.82, 2.24) is 0 Å². The van der Waals surface area contributed by atoms with Gasteiger partial charge in [-0.05, 0) is 0 Å². The second-order valence-corrected chi connectivity index (χ2v) is 4.50. The number of benzene rings is 1. The number of alkyl halides is 8. The Balaban J connectivity index is 2.50. The van der Waals surface area contributed by atoms with Gasteiger partial charge in [0.2, 0.25) is 0 Å². The minimum absolute atomic E-state index is 1.85. The Kier molecular flexibility index (Phi) is 2.50. The van der Waals surface area contributed by atoms with Crippen molar-refractivity contribution in [3.8, 4) is 0 Å². The van der Waals surface area contributed by atoms with Gasteiger partial charge in [0.05, 0.1) is 16.8 Å². The standard InChI is InChI=1S/C10H2F9NO2/c11-5-1-3(9(16,17)21-7(1,12)13)6(20)4-2(5)8(14,15)22-10(4,18)19/h20H2. The van der Waals surface area contributed by atoms with Gasteiger partial charge in [0, 0.05) is 0 Å². The molecule has 2 aliphatic rings. The van der Waals surface area contributed by atoms with Crippen LogP contribution in [0.1, 0.15) is 22.3 Å². The van der Waals surface area contributed by atoms with E-state index in [2.05, 4.69) is 9.47 Å². The van der Waals surface area contributed by atoms with E-state index in [1.807, 2.05) is 0 Å². The van der Waals surface area contributed by atoms with Crippen LogP contribution in [0.5, 0.6) is 0 Å². The van der Waals surface area contributed by atoms with Crippen LogP contribution in [0.25, 0.3) is 0 Å². The topological polar surface area (TPSA) is 44.5 Å². The highest BCUT2D eigenvalue weighted by atomic mass is 19.3. The van der Waals surface area contributed by atoms with E-state index >= 15 is 0 Å². The maximum absolute atomic E-state index is 13.9. The summed E-state index contributed by atoms with van der Waals surface area (Å²) >= 11 is 0. The fraction of sp³-hybridized carbons (Fsp3) is 0.400. The van der Waals surface area contributed by atoms with Gasteiger partial charge < -0.3 is 5.73 Å². The molecule has 0 spiro atoms. The number of ether oxygens (including phenoxy) is 2. The number of hydrogen-bond acceptors (Lipinski definition) is 3. The average molecular weight is 339 g/mol. The first-order valence-electron chi connectivity index (χ1n) is 5.31. The molecule has 0 saturated carbocycles. The molecule has 2 N–H and O–H groups in total. The molecule has 0 amide bonds. The van der Waals surface area contributed by atoms with E-state index in [9.17, 15) is 39.5 Å². The van der Waals surface area contributed by atoms with E-state index in [-0.39, 0.29) is 0 Å².